The predicted molar refractivity (Wildman–Crippen MR) is 106 cm³/mol. The highest BCUT2D eigenvalue weighted by atomic mass is 35.5. The normalized spacial score (nSPS) is 10.7. The van der Waals surface area contributed by atoms with Gasteiger partial charge in [-0.25, -0.2) is 4.79 Å². The van der Waals surface area contributed by atoms with Crippen LogP contribution >= 0.6 is 23.2 Å². The van der Waals surface area contributed by atoms with Gasteiger partial charge in [-0.15, -0.1) is 5.10 Å². The van der Waals surface area contributed by atoms with Crippen LogP contribution in [-0.4, -0.2) is 25.8 Å². The summed E-state index contributed by atoms with van der Waals surface area (Å²) in [7, 11) is 0. The molecule has 2 aromatic heterocycles. The average molecular weight is 420 g/mol. The highest BCUT2D eigenvalue weighted by molar-refractivity contribution is 6.42. The fraction of sp³-hybridized carbons (Fsp3) is 0.158. The summed E-state index contributed by atoms with van der Waals surface area (Å²) in [5, 5.41) is 18.0. The van der Waals surface area contributed by atoms with Crippen LogP contribution in [0.5, 0.6) is 11.8 Å². The molecule has 0 unspecified atom stereocenters. The number of carbonyl (C=O) groups is 1. The van der Waals surface area contributed by atoms with E-state index in [1.54, 1.807) is 36.6 Å². The second-order valence-electron chi connectivity index (χ2n) is 5.86. The van der Waals surface area contributed by atoms with Gasteiger partial charge in [-0.3, -0.25) is 4.79 Å². The third-order valence-corrected chi connectivity index (χ3v) is 4.72. The Labute approximate surface area is 170 Å². The monoisotopic (exact) mass is 419 g/mol. The van der Waals surface area contributed by atoms with Gasteiger partial charge in [0.15, 0.2) is 0 Å². The lowest BCUT2D eigenvalue weighted by molar-refractivity contribution is 0.0695. The molecule has 0 aliphatic rings. The first-order valence-corrected chi connectivity index (χ1v) is 9.02. The molecule has 1 aromatic carbocycles. The number of halogens is 2. The SMILES string of the molecule is CCn1c(Oc2ccc(C)nn2)cc(=O)c(C(=O)O)c1-c1ccc(Cl)c(Cl)c1. The van der Waals surface area contributed by atoms with Crippen LogP contribution in [0, 0.1) is 6.92 Å². The number of aryl methyl sites for hydroxylation is 1. The number of rotatable bonds is 5. The smallest absolute Gasteiger partial charge is 0.341 e. The molecule has 0 radical (unpaired) electrons. The Bertz CT molecular complexity index is 1110. The molecule has 0 fully saturated rings. The van der Waals surface area contributed by atoms with Crippen molar-refractivity contribution in [3.8, 4) is 23.0 Å². The van der Waals surface area contributed by atoms with Crippen molar-refractivity contribution in [1.29, 1.82) is 0 Å². The maximum atomic E-state index is 12.6. The summed E-state index contributed by atoms with van der Waals surface area (Å²) < 4.78 is 7.29. The molecule has 0 bridgehead atoms. The van der Waals surface area contributed by atoms with E-state index in [4.69, 9.17) is 27.9 Å². The number of aromatic carboxylic acids is 1. The Morgan fingerprint density at radius 1 is 1.14 bits per heavy atom. The second-order valence-corrected chi connectivity index (χ2v) is 6.68. The first-order chi connectivity index (χ1) is 13.3. The number of carboxylic acids is 1. The number of carboxylic acid groups (broad SMARTS) is 1. The molecule has 3 aromatic rings. The highest BCUT2D eigenvalue weighted by Crippen LogP contribution is 2.32. The number of benzene rings is 1. The molecule has 144 valence electrons. The summed E-state index contributed by atoms with van der Waals surface area (Å²) in [6, 6.07) is 9.08. The zero-order chi connectivity index (χ0) is 20.4. The zero-order valence-corrected chi connectivity index (χ0v) is 16.5. The molecule has 0 saturated heterocycles. The molecule has 0 aliphatic heterocycles. The standard InChI is InChI=1S/C19H15Cl2N3O4/c1-3-24-16(28-15-7-4-10(2)22-23-15)9-14(25)17(19(26)27)18(24)11-5-6-12(20)13(21)8-11/h4-9H,3H2,1-2H3,(H,26,27). The molecule has 0 amide bonds. The number of nitrogens with zero attached hydrogens (tertiary/aromatic N) is 3. The van der Waals surface area contributed by atoms with Crippen molar-refractivity contribution < 1.29 is 14.6 Å². The molecule has 28 heavy (non-hydrogen) atoms. The fourth-order valence-electron chi connectivity index (χ4n) is 2.72. The van der Waals surface area contributed by atoms with Gasteiger partial charge in [0.2, 0.25) is 17.2 Å². The first kappa shape index (κ1) is 19.9. The lowest BCUT2D eigenvalue weighted by Crippen LogP contribution is -2.21. The van der Waals surface area contributed by atoms with E-state index in [-0.39, 0.29) is 28.0 Å². The van der Waals surface area contributed by atoms with Crippen molar-refractivity contribution in [3.63, 3.8) is 0 Å². The van der Waals surface area contributed by atoms with E-state index in [9.17, 15) is 14.7 Å². The van der Waals surface area contributed by atoms with Crippen LogP contribution in [0.25, 0.3) is 11.3 Å². The molecule has 3 rings (SSSR count). The minimum Gasteiger partial charge on any atom is -0.477 e. The van der Waals surface area contributed by atoms with Gasteiger partial charge in [-0.2, -0.15) is 5.10 Å². The van der Waals surface area contributed by atoms with Gasteiger partial charge >= 0.3 is 5.97 Å². The Morgan fingerprint density at radius 3 is 2.46 bits per heavy atom. The van der Waals surface area contributed by atoms with Crippen molar-refractivity contribution in [2.24, 2.45) is 0 Å². The zero-order valence-electron chi connectivity index (χ0n) is 14.9. The van der Waals surface area contributed by atoms with E-state index in [2.05, 4.69) is 10.2 Å². The van der Waals surface area contributed by atoms with E-state index < -0.39 is 11.4 Å². The van der Waals surface area contributed by atoms with Gasteiger partial charge in [0.25, 0.3) is 0 Å². The van der Waals surface area contributed by atoms with E-state index in [0.29, 0.717) is 22.8 Å². The van der Waals surface area contributed by atoms with Crippen molar-refractivity contribution in [2.45, 2.75) is 20.4 Å². The Morgan fingerprint density at radius 2 is 1.89 bits per heavy atom. The summed E-state index contributed by atoms with van der Waals surface area (Å²) in [4.78, 5) is 24.4. The van der Waals surface area contributed by atoms with Crippen LogP contribution in [0.4, 0.5) is 0 Å². The van der Waals surface area contributed by atoms with Crippen LogP contribution in [0.2, 0.25) is 10.0 Å². The minimum absolute atomic E-state index is 0.136. The van der Waals surface area contributed by atoms with E-state index >= 15 is 0 Å². The molecule has 0 spiro atoms. The summed E-state index contributed by atoms with van der Waals surface area (Å²) in [5.41, 5.74) is 0.205. The lowest BCUT2D eigenvalue weighted by Gasteiger charge is -2.19. The van der Waals surface area contributed by atoms with Crippen molar-refractivity contribution in [3.05, 3.63) is 67.9 Å². The minimum atomic E-state index is -1.35. The van der Waals surface area contributed by atoms with Gasteiger partial charge in [0.1, 0.15) is 5.56 Å². The number of hydrogen-bond donors (Lipinski definition) is 1. The third-order valence-electron chi connectivity index (χ3n) is 3.98. The van der Waals surface area contributed by atoms with Gasteiger partial charge in [-0.05, 0) is 32.0 Å². The molecule has 7 nitrogen and oxygen atoms in total. The van der Waals surface area contributed by atoms with Crippen LogP contribution in [0.15, 0.2) is 41.2 Å². The number of aromatic nitrogens is 3. The van der Waals surface area contributed by atoms with Gasteiger partial charge in [0, 0.05) is 24.2 Å². The van der Waals surface area contributed by atoms with E-state index in [1.165, 1.54) is 12.1 Å². The fourth-order valence-corrected chi connectivity index (χ4v) is 3.02. The predicted octanol–water partition coefficient (Wildman–Crippen LogP) is 4.43. The number of hydrogen-bond acceptors (Lipinski definition) is 5. The molecular formula is C19H15Cl2N3O4. The summed E-state index contributed by atoms with van der Waals surface area (Å²) in [5.74, 6) is -1.04. The molecule has 2 heterocycles. The summed E-state index contributed by atoms with van der Waals surface area (Å²) in [6.07, 6.45) is 0. The van der Waals surface area contributed by atoms with E-state index in [0.717, 1.165) is 6.07 Å². The number of ether oxygens (including phenoxy) is 1. The highest BCUT2D eigenvalue weighted by Gasteiger charge is 2.23. The van der Waals surface area contributed by atoms with Crippen LogP contribution in [-0.2, 0) is 6.54 Å². The average Bonchev–Trinajstić information content (AvgIpc) is 2.65. The van der Waals surface area contributed by atoms with Gasteiger partial charge < -0.3 is 14.4 Å². The van der Waals surface area contributed by atoms with Crippen molar-refractivity contribution in [2.75, 3.05) is 0 Å². The topological polar surface area (TPSA) is 94.3 Å². The molecule has 0 atom stereocenters. The maximum Gasteiger partial charge on any atom is 0.341 e. The maximum absolute atomic E-state index is 12.6. The number of pyridine rings is 1. The van der Waals surface area contributed by atoms with Crippen LogP contribution in [0.1, 0.15) is 23.0 Å². The van der Waals surface area contributed by atoms with Gasteiger partial charge in [-0.1, -0.05) is 29.3 Å². The summed E-state index contributed by atoms with van der Waals surface area (Å²) in [6.45, 7) is 3.90. The molecule has 9 heteroatoms. The largest absolute Gasteiger partial charge is 0.477 e. The van der Waals surface area contributed by atoms with Crippen molar-refractivity contribution >= 4 is 29.2 Å². The molecule has 0 saturated carbocycles. The first-order valence-electron chi connectivity index (χ1n) is 8.26. The molecule has 1 N–H and O–H groups in total. The molecular weight excluding hydrogens is 405 g/mol. The Kier molecular flexibility index (Phi) is 5.67. The summed E-state index contributed by atoms with van der Waals surface area (Å²) >= 11 is 12.1. The Hall–Kier alpha value is -2.90. The van der Waals surface area contributed by atoms with E-state index in [1.807, 2.05) is 0 Å². The lowest BCUT2D eigenvalue weighted by atomic mass is 10.0. The van der Waals surface area contributed by atoms with Crippen LogP contribution in [0.3, 0.4) is 0 Å². The van der Waals surface area contributed by atoms with Crippen LogP contribution < -0.4 is 10.2 Å². The van der Waals surface area contributed by atoms with Gasteiger partial charge in [0.05, 0.1) is 21.4 Å². The second kappa shape index (κ2) is 8.00. The van der Waals surface area contributed by atoms with Crippen molar-refractivity contribution in [1.82, 2.24) is 14.8 Å². The quantitative estimate of drug-likeness (QED) is 0.656. The third kappa shape index (κ3) is 3.85. The Balaban J connectivity index is 2.26. The molecule has 0 aliphatic carbocycles.